The first kappa shape index (κ1) is 12.4. The molecular weight excluding hydrogens is 212 g/mol. The summed E-state index contributed by atoms with van der Waals surface area (Å²) in [5.74, 6) is 0.844. The number of ether oxygens (including phenoxy) is 1. The molecule has 3 nitrogen and oxygen atoms in total. The summed E-state index contributed by atoms with van der Waals surface area (Å²) in [7, 11) is 2.09. The minimum atomic E-state index is 0.587. The Morgan fingerprint density at radius 2 is 2.12 bits per heavy atom. The van der Waals surface area contributed by atoms with Crippen LogP contribution in [0.4, 0.5) is 5.69 Å². The summed E-state index contributed by atoms with van der Waals surface area (Å²) in [5, 5.41) is 0. The third-order valence-electron chi connectivity index (χ3n) is 3.24. The Balaban J connectivity index is 1.78. The Kier molecular flexibility index (Phi) is 4.40. The van der Waals surface area contributed by atoms with Crippen molar-refractivity contribution in [2.24, 2.45) is 11.7 Å². The Morgan fingerprint density at radius 3 is 2.82 bits per heavy atom. The van der Waals surface area contributed by atoms with E-state index in [4.69, 9.17) is 10.5 Å². The van der Waals surface area contributed by atoms with E-state index in [1.54, 1.807) is 0 Å². The number of benzene rings is 1. The summed E-state index contributed by atoms with van der Waals surface area (Å²) in [5.41, 5.74) is 8.14. The second-order valence-electron chi connectivity index (χ2n) is 4.77. The summed E-state index contributed by atoms with van der Waals surface area (Å²) in [6.07, 6.45) is 2.71. The van der Waals surface area contributed by atoms with Gasteiger partial charge in [-0.15, -0.1) is 0 Å². The molecule has 0 aliphatic heterocycles. The Bertz CT molecular complexity index is 350. The van der Waals surface area contributed by atoms with E-state index in [1.165, 1.54) is 24.1 Å². The van der Waals surface area contributed by atoms with Crippen LogP contribution in [0.5, 0.6) is 0 Å². The maximum absolute atomic E-state index is 5.73. The Morgan fingerprint density at radius 1 is 1.35 bits per heavy atom. The maximum Gasteiger partial charge on any atom is 0.0641 e. The van der Waals surface area contributed by atoms with Crippen LogP contribution < -0.4 is 10.6 Å². The first-order valence-corrected chi connectivity index (χ1v) is 6.38. The van der Waals surface area contributed by atoms with Gasteiger partial charge in [0.05, 0.1) is 6.61 Å². The van der Waals surface area contributed by atoms with Crippen molar-refractivity contribution in [2.45, 2.75) is 19.4 Å². The average molecular weight is 234 g/mol. The van der Waals surface area contributed by atoms with E-state index in [2.05, 4.69) is 30.1 Å². The number of anilines is 1. The van der Waals surface area contributed by atoms with Gasteiger partial charge in [0.1, 0.15) is 0 Å². The van der Waals surface area contributed by atoms with Gasteiger partial charge in [0.2, 0.25) is 0 Å². The highest BCUT2D eigenvalue weighted by Gasteiger charge is 2.20. The predicted octanol–water partition coefficient (Wildman–Crippen LogP) is 2.01. The summed E-state index contributed by atoms with van der Waals surface area (Å²) in [6, 6.07) is 8.28. The van der Waals surface area contributed by atoms with Gasteiger partial charge in [-0.3, -0.25) is 0 Å². The standard InChI is InChI=1S/C14H22N2O/c1-16(8-9-17-11-12-6-7-12)14-5-3-2-4-13(14)10-15/h2-5,12H,6-11,15H2,1H3. The summed E-state index contributed by atoms with van der Waals surface area (Å²) in [6.45, 7) is 3.24. The molecule has 1 aliphatic rings. The van der Waals surface area contributed by atoms with Gasteiger partial charge in [-0.25, -0.2) is 0 Å². The lowest BCUT2D eigenvalue weighted by molar-refractivity contribution is 0.131. The second-order valence-corrected chi connectivity index (χ2v) is 4.77. The van der Waals surface area contributed by atoms with E-state index < -0.39 is 0 Å². The fourth-order valence-corrected chi connectivity index (χ4v) is 1.91. The van der Waals surface area contributed by atoms with E-state index in [0.717, 1.165) is 25.7 Å². The molecule has 1 aromatic rings. The second kappa shape index (κ2) is 6.03. The number of hydrogen-bond donors (Lipinski definition) is 1. The smallest absolute Gasteiger partial charge is 0.0641 e. The molecule has 1 saturated carbocycles. The van der Waals surface area contributed by atoms with Crippen molar-refractivity contribution in [3.8, 4) is 0 Å². The van der Waals surface area contributed by atoms with Gasteiger partial charge in [-0.2, -0.15) is 0 Å². The quantitative estimate of drug-likeness (QED) is 0.733. The zero-order chi connectivity index (χ0) is 12.1. The molecule has 0 atom stereocenters. The summed E-state index contributed by atoms with van der Waals surface area (Å²) in [4.78, 5) is 2.22. The number of nitrogens with two attached hydrogens (primary N) is 1. The minimum absolute atomic E-state index is 0.587. The van der Waals surface area contributed by atoms with Crippen molar-refractivity contribution in [2.75, 3.05) is 31.7 Å². The van der Waals surface area contributed by atoms with Gasteiger partial charge < -0.3 is 15.4 Å². The molecule has 0 unspecified atom stereocenters. The maximum atomic E-state index is 5.73. The van der Waals surface area contributed by atoms with Crippen molar-refractivity contribution in [1.29, 1.82) is 0 Å². The average Bonchev–Trinajstić information content (AvgIpc) is 3.18. The van der Waals surface area contributed by atoms with Crippen molar-refractivity contribution < 1.29 is 4.74 Å². The van der Waals surface area contributed by atoms with Gasteiger partial charge in [0.15, 0.2) is 0 Å². The lowest BCUT2D eigenvalue weighted by atomic mass is 10.1. The first-order valence-electron chi connectivity index (χ1n) is 6.38. The number of hydrogen-bond acceptors (Lipinski definition) is 3. The highest BCUT2D eigenvalue weighted by Crippen LogP contribution is 2.28. The van der Waals surface area contributed by atoms with Crippen LogP contribution in [0.1, 0.15) is 18.4 Å². The van der Waals surface area contributed by atoms with Crippen LogP contribution in [0, 0.1) is 5.92 Å². The van der Waals surface area contributed by atoms with Gasteiger partial charge >= 0.3 is 0 Å². The molecule has 2 N–H and O–H groups in total. The van der Waals surface area contributed by atoms with Crippen molar-refractivity contribution in [3.63, 3.8) is 0 Å². The molecule has 94 valence electrons. The van der Waals surface area contributed by atoms with Crippen LogP contribution in [0.25, 0.3) is 0 Å². The molecule has 0 bridgehead atoms. The minimum Gasteiger partial charge on any atom is -0.379 e. The van der Waals surface area contributed by atoms with Gasteiger partial charge in [-0.05, 0) is 30.4 Å². The number of likely N-dealkylation sites (N-methyl/N-ethyl adjacent to an activating group) is 1. The predicted molar refractivity (Wildman–Crippen MR) is 71.1 cm³/mol. The van der Waals surface area contributed by atoms with Gasteiger partial charge in [0, 0.05) is 32.4 Å². The molecule has 0 spiro atoms. The lowest BCUT2D eigenvalue weighted by Gasteiger charge is -2.22. The topological polar surface area (TPSA) is 38.5 Å². The monoisotopic (exact) mass is 234 g/mol. The molecule has 0 heterocycles. The van der Waals surface area contributed by atoms with Crippen LogP contribution in [0.3, 0.4) is 0 Å². The van der Waals surface area contributed by atoms with Crippen LogP contribution in [-0.4, -0.2) is 26.8 Å². The lowest BCUT2D eigenvalue weighted by Crippen LogP contribution is -2.24. The van der Waals surface area contributed by atoms with E-state index in [-0.39, 0.29) is 0 Å². The van der Waals surface area contributed by atoms with E-state index in [0.29, 0.717) is 6.54 Å². The normalized spacial score (nSPS) is 14.9. The van der Waals surface area contributed by atoms with Crippen LogP contribution >= 0.6 is 0 Å². The van der Waals surface area contributed by atoms with Crippen LogP contribution in [-0.2, 0) is 11.3 Å². The van der Waals surface area contributed by atoms with Crippen molar-refractivity contribution in [1.82, 2.24) is 0 Å². The fraction of sp³-hybridized carbons (Fsp3) is 0.571. The zero-order valence-corrected chi connectivity index (χ0v) is 10.6. The molecule has 0 amide bonds. The summed E-state index contributed by atoms with van der Waals surface area (Å²) >= 11 is 0. The van der Waals surface area contributed by atoms with E-state index in [1.807, 2.05) is 6.07 Å². The SMILES string of the molecule is CN(CCOCC1CC1)c1ccccc1CN. The highest BCUT2D eigenvalue weighted by molar-refractivity contribution is 5.52. The molecule has 1 fully saturated rings. The Hall–Kier alpha value is -1.06. The van der Waals surface area contributed by atoms with Gasteiger partial charge in [0.25, 0.3) is 0 Å². The van der Waals surface area contributed by atoms with Crippen molar-refractivity contribution in [3.05, 3.63) is 29.8 Å². The largest absolute Gasteiger partial charge is 0.379 e. The zero-order valence-electron chi connectivity index (χ0n) is 10.6. The van der Waals surface area contributed by atoms with E-state index in [9.17, 15) is 0 Å². The first-order chi connectivity index (χ1) is 8.31. The molecule has 1 aliphatic carbocycles. The third kappa shape index (κ3) is 3.72. The number of nitrogens with zero attached hydrogens (tertiary/aromatic N) is 1. The molecule has 1 aromatic carbocycles. The van der Waals surface area contributed by atoms with Crippen LogP contribution in [0.15, 0.2) is 24.3 Å². The molecular formula is C14H22N2O. The molecule has 0 radical (unpaired) electrons. The molecule has 2 rings (SSSR count). The molecule has 0 aromatic heterocycles. The van der Waals surface area contributed by atoms with Crippen molar-refractivity contribution >= 4 is 5.69 Å². The van der Waals surface area contributed by atoms with E-state index >= 15 is 0 Å². The third-order valence-corrected chi connectivity index (χ3v) is 3.24. The van der Waals surface area contributed by atoms with Crippen LogP contribution in [0.2, 0.25) is 0 Å². The molecule has 17 heavy (non-hydrogen) atoms. The highest BCUT2D eigenvalue weighted by atomic mass is 16.5. The molecule has 3 heteroatoms. The Labute approximate surface area is 104 Å². The number of para-hydroxylation sites is 1. The molecule has 0 saturated heterocycles. The summed E-state index contributed by atoms with van der Waals surface area (Å²) < 4.78 is 5.65. The fourth-order valence-electron chi connectivity index (χ4n) is 1.91. The number of rotatable bonds is 7. The van der Waals surface area contributed by atoms with Gasteiger partial charge in [-0.1, -0.05) is 18.2 Å².